The molecule has 142 valence electrons. The molecule has 0 N–H and O–H groups in total. The molecule has 2 aromatic carbocycles. The average molecular weight is 380 g/mol. The highest BCUT2D eigenvalue weighted by atomic mass is 19.1. The molecule has 0 aliphatic carbocycles. The Hall–Kier alpha value is -3.41. The molecule has 1 unspecified atom stereocenters. The standard InChI is InChI=1S/C22H17FO5/c1-2-26-19(24)12-15-11-17-16-10-14(23)8-9-18(16)28-22(25)20(17)21(27-15)13-6-4-3-5-7-13/h3-10,12,17H,2,11H2,1H3/b15-12+. The molecule has 28 heavy (non-hydrogen) atoms. The number of benzene rings is 2. The van der Waals surface area contributed by atoms with Crippen LogP contribution in [0.2, 0.25) is 0 Å². The second-order valence-electron chi connectivity index (χ2n) is 6.40. The summed E-state index contributed by atoms with van der Waals surface area (Å²) >= 11 is 0. The van der Waals surface area contributed by atoms with Crippen LogP contribution in [0.4, 0.5) is 4.39 Å². The number of ether oxygens (including phenoxy) is 3. The van der Waals surface area contributed by atoms with E-state index in [1.54, 1.807) is 19.1 Å². The normalized spacial score (nSPS) is 19.4. The summed E-state index contributed by atoms with van der Waals surface area (Å²) in [5.74, 6) is -1.05. The molecule has 0 saturated heterocycles. The summed E-state index contributed by atoms with van der Waals surface area (Å²) in [4.78, 5) is 24.7. The minimum Gasteiger partial charge on any atom is -0.463 e. The second kappa shape index (κ2) is 7.31. The summed E-state index contributed by atoms with van der Waals surface area (Å²) < 4.78 is 30.2. The molecule has 5 nitrogen and oxygen atoms in total. The topological polar surface area (TPSA) is 61.8 Å². The van der Waals surface area contributed by atoms with E-state index in [0.29, 0.717) is 34.0 Å². The quantitative estimate of drug-likeness (QED) is 0.456. The Bertz CT molecular complexity index is 1010. The van der Waals surface area contributed by atoms with E-state index >= 15 is 0 Å². The van der Waals surface area contributed by atoms with E-state index in [1.807, 2.05) is 18.2 Å². The van der Waals surface area contributed by atoms with Crippen molar-refractivity contribution in [3.63, 3.8) is 0 Å². The van der Waals surface area contributed by atoms with Crippen LogP contribution < -0.4 is 4.74 Å². The lowest BCUT2D eigenvalue weighted by atomic mass is 9.82. The van der Waals surface area contributed by atoms with Gasteiger partial charge in [-0.25, -0.2) is 14.0 Å². The predicted octanol–water partition coefficient (Wildman–Crippen LogP) is 4.11. The maximum Gasteiger partial charge on any atom is 0.343 e. The molecule has 0 radical (unpaired) electrons. The van der Waals surface area contributed by atoms with Crippen molar-refractivity contribution in [3.05, 3.63) is 82.9 Å². The van der Waals surface area contributed by atoms with Crippen molar-refractivity contribution in [1.82, 2.24) is 0 Å². The van der Waals surface area contributed by atoms with Crippen molar-refractivity contribution in [2.75, 3.05) is 6.61 Å². The molecule has 2 aliphatic rings. The monoisotopic (exact) mass is 380 g/mol. The highest BCUT2D eigenvalue weighted by molar-refractivity contribution is 6.01. The van der Waals surface area contributed by atoms with Crippen molar-refractivity contribution in [2.45, 2.75) is 19.3 Å². The zero-order valence-corrected chi connectivity index (χ0v) is 15.1. The zero-order valence-electron chi connectivity index (χ0n) is 15.1. The van der Waals surface area contributed by atoms with Crippen LogP contribution in [0.15, 0.2) is 65.9 Å². The van der Waals surface area contributed by atoms with Crippen LogP contribution in [0.5, 0.6) is 5.75 Å². The molecule has 2 aliphatic heterocycles. The van der Waals surface area contributed by atoms with Gasteiger partial charge in [-0.05, 0) is 25.1 Å². The molecule has 0 amide bonds. The maximum absolute atomic E-state index is 13.9. The molecule has 0 saturated carbocycles. The first kappa shape index (κ1) is 18.0. The number of rotatable bonds is 3. The smallest absolute Gasteiger partial charge is 0.343 e. The van der Waals surface area contributed by atoms with Crippen molar-refractivity contribution in [3.8, 4) is 5.75 Å². The van der Waals surface area contributed by atoms with E-state index in [2.05, 4.69) is 0 Å². The average Bonchev–Trinajstić information content (AvgIpc) is 2.69. The fourth-order valence-corrected chi connectivity index (χ4v) is 3.44. The van der Waals surface area contributed by atoms with Gasteiger partial charge in [-0.2, -0.15) is 0 Å². The Kier molecular flexibility index (Phi) is 4.69. The number of allylic oxidation sites excluding steroid dienone is 1. The van der Waals surface area contributed by atoms with E-state index in [-0.39, 0.29) is 13.0 Å². The predicted molar refractivity (Wildman–Crippen MR) is 98.6 cm³/mol. The van der Waals surface area contributed by atoms with E-state index in [9.17, 15) is 14.0 Å². The van der Waals surface area contributed by atoms with E-state index in [1.165, 1.54) is 24.3 Å². The number of halogens is 1. The van der Waals surface area contributed by atoms with Gasteiger partial charge in [0.15, 0.2) is 0 Å². The highest BCUT2D eigenvalue weighted by Crippen LogP contribution is 2.48. The Morgan fingerprint density at radius 2 is 2.00 bits per heavy atom. The van der Waals surface area contributed by atoms with Crippen LogP contribution in [-0.4, -0.2) is 18.5 Å². The van der Waals surface area contributed by atoms with Gasteiger partial charge in [0.05, 0.1) is 18.3 Å². The fraction of sp³-hybridized carbons (Fsp3) is 0.182. The summed E-state index contributed by atoms with van der Waals surface area (Å²) in [5.41, 5.74) is 1.51. The van der Waals surface area contributed by atoms with Crippen LogP contribution in [0, 0.1) is 5.82 Å². The lowest BCUT2D eigenvalue weighted by molar-refractivity contribution is -0.137. The Morgan fingerprint density at radius 3 is 2.75 bits per heavy atom. The van der Waals surface area contributed by atoms with Crippen molar-refractivity contribution >= 4 is 17.7 Å². The Labute approximate surface area is 161 Å². The maximum atomic E-state index is 13.9. The Morgan fingerprint density at radius 1 is 1.21 bits per heavy atom. The van der Waals surface area contributed by atoms with Crippen molar-refractivity contribution in [1.29, 1.82) is 0 Å². The molecule has 0 spiro atoms. The molecule has 1 atom stereocenters. The molecule has 0 bridgehead atoms. The van der Waals surface area contributed by atoms with Gasteiger partial charge < -0.3 is 14.2 Å². The number of hydrogen-bond acceptors (Lipinski definition) is 5. The van der Waals surface area contributed by atoms with Gasteiger partial charge in [0, 0.05) is 23.5 Å². The largest absolute Gasteiger partial charge is 0.463 e. The van der Waals surface area contributed by atoms with Gasteiger partial charge in [-0.1, -0.05) is 30.3 Å². The van der Waals surface area contributed by atoms with Crippen LogP contribution in [-0.2, 0) is 19.1 Å². The first-order valence-corrected chi connectivity index (χ1v) is 8.93. The van der Waals surface area contributed by atoms with Crippen LogP contribution in [0.25, 0.3) is 5.76 Å². The lowest BCUT2D eigenvalue weighted by Crippen LogP contribution is -2.29. The number of esters is 2. The number of hydrogen-bond donors (Lipinski definition) is 0. The van der Waals surface area contributed by atoms with Crippen LogP contribution in [0.1, 0.15) is 30.4 Å². The number of fused-ring (bicyclic) bond motifs is 3. The third-order valence-electron chi connectivity index (χ3n) is 4.60. The third kappa shape index (κ3) is 3.29. The molecule has 2 heterocycles. The van der Waals surface area contributed by atoms with Crippen molar-refractivity contribution in [2.24, 2.45) is 0 Å². The number of carbonyl (C=O) groups is 2. The summed E-state index contributed by atoms with van der Waals surface area (Å²) in [5, 5.41) is 0. The fourth-order valence-electron chi connectivity index (χ4n) is 3.44. The summed E-state index contributed by atoms with van der Waals surface area (Å²) in [7, 11) is 0. The minimum absolute atomic E-state index is 0.218. The zero-order chi connectivity index (χ0) is 19.7. The number of carbonyl (C=O) groups excluding carboxylic acids is 2. The van der Waals surface area contributed by atoms with E-state index < -0.39 is 23.7 Å². The molecular weight excluding hydrogens is 363 g/mol. The van der Waals surface area contributed by atoms with Gasteiger partial charge in [-0.3, -0.25) is 0 Å². The van der Waals surface area contributed by atoms with Gasteiger partial charge in [-0.15, -0.1) is 0 Å². The minimum atomic E-state index is -0.543. The van der Waals surface area contributed by atoms with Gasteiger partial charge in [0.1, 0.15) is 23.1 Å². The SMILES string of the molecule is CCOC(=O)/C=C1\CC2C(=C(c3ccccc3)O1)C(=O)Oc1ccc(F)cc12. The van der Waals surface area contributed by atoms with Gasteiger partial charge in [0.2, 0.25) is 0 Å². The molecule has 6 heteroatoms. The lowest BCUT2D eigenvalue weighted by Gasteiger charge is -2.33. The van der Waals surface area contributed by atoms with E-state index in [0.717, 1.165) is 0 Å². The first-order valence-electron chi connectivity index (χ1n) is 8.93. The molecule has 4 rings (SSSR count). The molecular formula is C22H17FO5. The molecule has 0 fully saturated rings. The van der Waals surface area contributed by atoms with Gasteiger partial charge >= 0.3 is 11.9 Å². The molecule has 0 aromatic heterocycles. The third-order valence-corrected chi connectivity index (χ3v) is 4.60. The molecule has 2 aromatic rings. The highest BCUT2D eigenvalue weighted by Gasteiger charge is 2.40. The second-order valence-corrected chi connectivity index (χ2v) is 6.40. The van der Waals surface area contributed by atoms with Gasteiger partial charge in [0.25, 0.3) is 0 Å². The summed E-state index contributed by atoms with van der Waals surface area (Å²) in [6, 6.07) is 13.1. The summed E-state index contributed by atoms with van der Waals surface area (Å²) in [6.45, 7) is 1.95. The van der Waals surface area contributed by atoms with Crippen LogP contribution in [0.3, 0.4) is 0 Å². The van der Waals surface area contributed by atoms with E-state index in [4.69, 9.17) is 14.2 Å². The van der Waals surface area contributed by atoms with Crippen molar-refractivity contribution < 1.29 is 28.2 Å². The van der Waals surface area contributed by atoms with Crippen LogP contribution >= 0.6 is 0 Å². The summed E-state index contributed by atoms with van der Waals surface area (Å²) in [6.07, 6.45) is 1.48. The Balaban J connectivity index is 1.88. The first-order chi connectivity index (χ1) is 13.6.